The van der Waals surface area contributed by atoms with Crippen LogP contribution in [0.15, 0.2) is 0 Å². The van der Waals surface area contributed by atoms with Gasteiger partial charge in [0.15, 0.2) is 0 Å². The van der Waals surface area contributed by atoms with Crippen molar-refractivity contribution in [3.05, 3.63) is 0 Å². The maximum Gasteiger partial charge on any atom is 0.220 e. The van der Waals surface area contributed by atoms with Crippen molar-refractivity contribution in [3.8, 4) is 0 Å². The highest BCUT2D eigenvalue weighted by atomic mass is 16.1. The molecule has 0 aromatic heterocycles. The lowest BCUT2D eigenvalue weighted by Gasteiger charge is -2.29. The second-order valence-corrected chi connectivity index (χ2v) is 8.33. The van der Waals surface area contributed by atoms with E-state index in [-0.39, 0.29) is 0 Å². The first-order chi connectivity index (χ1) is 9.69. The number of amides is 1. The molecule has 0 aromatic rings. The molecular weight excluding hydrogens is 246 g/mol. The largest absolute Gasteiger partial charge is 0.353 e. The monoisotopic (exact) mass is 275 g/mol. The van der Waals surface area contributed by atoms with Gasteiger partial charge < -0.3 is 5.32 Å². The Morgan fingerprint density at radius 2 is 1.70 bits per heavy atom. The van der Waals surface area contributed by atoms with Crippen LogP contribution in [0.25, 0.3) is 0 Å². The lowest BCUT2D eigenvalue weighted by atomic mass is 9.83. The first-order valence-electron chi connectivity index (χ1n) is 8.98. The van der Waals surface area contributed by atoms with Crippen molar-refractivity contribution in [1.29, 1.82) is 0 Å². The molecule has 7 unspecified atom stereocenters. The van der Waals surface area contributed by atoms with Gasteiger partial charge in [0.25, 0.3) is 0 Å². The molecule has 4 rings (SSSR count). The van der Waals surface area contributed by atoms with Crippen LogP contribution in [0.5, 0.6) is 0 Å². The van der Waals surface area contributed by atoms with Gasteiger partial charge in [-0.2, -0.15) is 0 Å². The molecule has 1 N–H and O–H groups in total. The van der Waals surface area contributed by atoms with E-state index >= 15 is 0 Å². The molecule has 4 bridgehead atoms. The Hall–Kier alpha value is -0.530. The third-order valence-corrected chi connectivity index (χ3v) is 7.16. The Morgan fingerprint density at radius 3 is 2.25 bits per heavy atom. The van der Waals surface area contributed by atoms with Gasteiger partial charge in [0.2, 0.25) is 5.91 Å². The van der Waals surface area contributed by atoms with E-state index in [2.05, 4.69) is 12.2 Å². The highest BCUT2D eigenvalue weighted by Crippen LogP contribution is 2.50. The van der Waals surface area contributed by atoms with Gasteiger partial charge >= 0.3 is 0 Å². The molecule has 7 atom stereocenters. The number of rotatable bonds is 4. The van der Waals surface area contributed by atoms with Crippen molar-refractivity contribution in [2.24, 2.45) is 35.5 Å². The topological polar surface area (TPSA) is 29.1 Å². The van der Waals surface area contributed by atoms with Crippen LogP contribution in [0.4, 0.5) is 0 Å². The van der Waals surface area contributed by atoms with Crippen LogP contribution >= 0.6 is 0 Å². The minimum Gasteiger partial charge on any atom is -0.353 e. The van der Waals surface area contributed by atoms with Gasteiger partial charge in [-0.05, 0) is 81.0 Å². The summed E-state index contributed by atoms with van der Waals surface area (Å²) < 4.78 is 0. The molecule has 4 fully saturated rings. The molecule has 20 heavy (non-hydrogen) atoms. The summed E-state index contributed by atoms with van der Waals surface area (Å²) in [7, 11) is 0. The summed E-state index contributed by atoms with van der Waals surface area (Å²) in [4.78, 5) is 12.3. The maximum atomic E-state index is 12.3. The SMILES string of the molecule is CC(NC(=O)CC1CC2CCC1C2)C1CC2CCC1C2. The summed E-state index contributed by atoms with van der Waals surface area (Å²) in [5, 5.41) is 3.35. The van der Waals surface area contributed by atoms with E-state index in [9.17, 15) is 4.79 Å². The lowest BCUT2D eigenvalue weighted by molar-refractivity contribution is -0.123. The standard InChI is InChI=1S/C18H29NO/c1-11(17-9-13-3-5-15(17)7-13)19-18(20)10-16-8-12-2-4-14(16)6-12/h11-17H,2-10H2,1H3,(H,19,20). The molecule has 2 heteroatoms. The van der Waals surface area contributed by atoms with E-state index in [1.165, 1.54) is 51.4 Å². The van der Waals surface area contributed by atoms with Crippen LogP contribution in [0, 0.1) is 35.5 Å². The summed E-state index contributed by atoms with van der Waals surface area (Å²) >= 11 is 0. The fourth-order valence-electron chi connectivity index (χ4n) is 6.19. The lowest BCUT2D eigenvalue weighted by Crippen LogP contribution is -2.41. The van der Waals surface area contributed by atoms with Gasteiger partial charge in [-0.1, -0.05) is 12.8 Å². The van der Waals surface area contributed by atoms with Gasteiger partial charge in [0.05, 0.1) is 0 Å². The third-order valence-electron chi connectivity index (χ3n) is 7.16. The van der Waals surface area contributed by atoms with Crippen LogP contribution < -0.4 is 5.32 Å². The molecule has 0 heterocycles. The van der Waals surface area contributed by atoms with E-state index < -0.39 is 0 Å². The van der Waals surface area contributed by atoms with E-state index in [1.807, 2.05) is 0 Å². The van der Waals surface area contributed by atoms with Crippen LogP contribution in [-0.4, -0.2) is 11.9 Å². The molecule has 1 amide bonds. The molecule has 4 aliphatic rings. The van der Waals surface area contributed by atoms with Crippen molar-refractivity contribution >= 4 is 5.91 Å². The molecule has 112 valence electrons. The molecule has 0 radical (unpaired) electrons. The number of hydrogen-bond donors (Lipinski definition) is 1. The van der Waals surface area contributed by atoms with Gasteiger partial charge in [-0.25, -0.2) is 0 Å². The van der Waals surface area contributed by atoms with Crippen molar-refractivity contribution in [2.75, 3.05) is 0 Å². The average Bonchev–Trinajstić information content (AvgIpc) is 3.18. The number of nitrogens with one attached hydrogen (secondary N) is 1. The number of hydrogen-bond acceptors (Lipinski definition) is 1. The number of carbonyl (C=O) groups excluding carboxylic acids is 1. The van der Waals surface area contributed by atoms with Crippen molar-refractivity contribution in [3.63, 3.8) is 0 Å². The summed E-state index contributed by atoms with van der Waals surface area (Å²) in [5.74, 6) is 5.56. The Labute approximate surface area is 123 Å². The smallest absolute Gasteiger partial charge is 0.220 e. The molecule has 0 aromatic carbocycles. The number of fused-ring (bicyclic) bond motifs is 4. The normalized spacial score (nSPS) is 46.9. The predicted molar refractivity (Wildman–Crippen MR) is 80.1 cm³/mol. The minimum atomic E-state index is 0.345. The number of carbonyl (C=O) groups is 1. The highest BCUT2D eigenvalue weighted by molar-refractivity contribution is 5.76. The minimum absolute atomic E-state index is 0.345. The Kier molecular flexibility index (Phi) is 3.31. The quantitative estimate of drug-likeness (QED) is 0.831. The molecule has 0 aliphatic heterocycles. The van der Waals surface area contributed by atoms with E-state index in [0.717, 1.165) is 36.0 Å². The molecule has 4 saturated carbocycles. The van der Waals surface area contributed by atoms with Gasteiger partial charge in [-0.3, -0.25) is 4.79 Å². The first kappa shape index (κ1) is 13.2. The van der Waals surface area contributed by atoms with Gasteiger partial charge in [-0.15, -0.1) is 0 Å². The highest BCUT2D eigenvalue weighted by Gasteiger charge is 2.43. The van der Waals surface area contributed by atoms with Crippen molar-refractivity contribution in [1.82, 2.24) is 5.32 Å². The van der Waals surface area contributed by atoms with E-state index in [0.29, 0.717) is 17.9 Å². The van der Waals surface area contributed by atoms with Gasteiger partial charge in [0, 0.05) is 12.5 Å². The average molecular weight is 275 g/mol. The molecule has 0 saturated heterocycles. The van der Waals surface area contributed by atoms with Crippen molar-refractivity contribution in [2.45, 2.75) is 70.8 Å². The molecule has 2 nitrogen and oxygen atoms in total. The van der Waals surface area contributed by atoms with Crippen LogP contribution in [-0.2, 0) is 4.79 Å². The Morgan fingerprint density at radius 1 is 1.00 bits per heavy atom. The Bertz CT molecular complexity index is 393. The summed E-state index contributed by atoms with van der Waals surface area (Å²) in [6.07, 6.45) is 12.1. The van der Waals surface area contributed by atoms with E-state index in [1.54, 1.807) is 0 Å². The zero-order valence-corrected chi connectivity index (χ0v) is 12.8. The van der Waals surface area contributed by atoms with E-state index in [4.69, 9.17) is 0 Å². The third kappa shape index (κ3) is 2.29. The van der Waals surface area contributed by atoms with Crippen LogP contribution in [0.3, 0.4) is 0 Å². The first-order valence-corrected chi connectivity index (χ1v) is 8.98. The fourth-order valence-corrected chi connectivity index (χ4v) is 6.19. The summed E-state index contributed by atoms with van der Waals surface area (Å²) in [6.45, 7) is 2.25. The Balaban J connectivity index is 1.27. The fraction of sp³-hybridized carbons (Fsp3) is 0.944. The second-order valence-electron chi connectivity index (χ2n) is 8.33. The maximum absolute atomic E-state index is 12.3. The van der Waals surface area contributed by atoms with Crippen LogP contribution in [0.1, 0.15) is 64.7 Å². The predicted octanol–water partition coefficient (Wildman–Crippen LogP) is 3.75. The zero-order valence-electron chi connectivity index (χ0n) is 12.8. The van der Waals surface area contributed by atoms with Gasteiger partial charge in [0.1, 0.15) is 0 Å². The van der Waals surface area contributed by atoms with Crippen molar-refractivity contribution < 1.29 is 4.79 Å². The molecule has 4 aliphatic carbocycles. The second kappa shape index (κ2) is 5.03. The zero-order chi connectivity index (χ0) is 13.7. The summed E-state index contributed by atoms with van der Waals surface area (Å²) in [5.41, 5.74) is 0. The molecule has 0 spiro atoms. The summed E-state index contributed by atoms with van der Waals surface area (Å²) in [6, 6.07) is 0.413. The molecular formula is C18H29NO. The van der Waals surface area contributed by atoms with Crippen LogP contribution in [0.2, 0.25) is 0 Å².